The molecule has 5 nitrogen and oxygen atoms in total. The first-order chi connectivity index (χ1) is 10.2. The minimum atomic E-state index is -0.469. The molecule has 1 aromatic carbocycles. The lowest BCUT2D eigenvalue weighted by molar-refractivity contribution is 0.416. The zero-order chi connectivity index (χ0) is 14.8. The molecule has 0 saturated heterocycles. The van der Waals surface area contributed by atoms with E-state index in [0.717, 1.165) is 16.9 Å². The number of aromatic amines is 1. The van der Waals surface area contributed by atoms with Crippen LogP contribution in [0.25, 0.3) is 16.8 Å². The molecule has 0 saturated carbocycles. The number of hydrogen-bond acceptors (Lipinski definition) is 4. The SMILES string of the molecule is COc1ccc(-n2ccc(=O)[nH]c2=O)cc1-c1ccsc1. The van der Waals surface area contributed by atoms with Crippen LogP contribution in [0.2, 0.25) is 0 Å². The van der Waals surface area contributed by atoms with Crippen molar-refractivity contribution in [2.45, 2.75) is 0 Å². The van der Waals surface area contributed by atoms with E-state index < -0.39 is 11.2 Å². The molecule has 2 heterocycles. The third-order valence-electron chi connectivity index (χ3n) is 3.12. The molecular weight excluding hydrogens is 288 g/mol. The molecule has 0 aliphatic rings. The lowest BCUT2D eigenvalue weighted by atomic mass is 10.1. The van der Waals surface area contributed by atoms with Crippen molar-refractivity contribution in [3.05, 3.63) is 68.1 Å². The maximum atomic E-state index is 11.9. The molecule has 1 N–H and O–H groups in total. The van der Waals surface area contributed by atoms with Crippen molar-refractivity contribution < 1.29 is 4.74 Å². The minimum Gasteiger partial charge on any atom is -0.496 e. The maximum absolute atomic E-state index is 11.9. The molecular formula is C15H12N2O3S. The van der Waals surface area contributed by atoms with E-state index in [0.29, 0.717) is 5.69 Å². The van der Waals surface area contributed by atoms with Crippen molar-refractivity contribution in [2.24, 2.45) is 0 Å². The molecule has 0 aliphatic carbocycles. The number of thiophene rings is 1. The third kappa shape index (κ3) is 2.53. The summed E-state index contributed by atoms with van der Waals surface area (Å²) in [5, 5.41) is 3.99. The summed E-state index contributed by atoms with van der Waals surface area (Å²) >= 11 is 1.59. The highest BCUT2D eigenvalue weighted by Gasteiger charge is 2.09. The quantitative estimate of drug-likeness (QED) is 0.807. The molecule has 3 aromatic rings. The van der Waals surface area contributed by atoms with Crippen LogP contribution in [0.1, 0.15) is 0 Å². The predicted octanol–water partition coefficient (Wildman–Crippen LogP) is 2.26. The van der Waals surface area contributed by atoms with E-state index in [2.05, 4.69) is 4.98 Å². The van der Waals surface area contributed by atoms with Gasteiger partial charge >= 0.3 is 5.69 Å². The zero-order valence-corrected chi connectivity index (χ0v) is 12.0. The van der Waals surface area contributed by atoms with E-state index in [1.54, 1.807) is 30.6 Å². The first-order valence-electron chi connectivity index (χ1n) is 6.22. The Balaban J connectivity index is 2.19. The van der Waals surface area contributed by atoms with Gasteiger partial charge in [0.25, 0.3) is 5.56 Å². The van der Waals surface area contributed by atoms with E-state index in [-0.39, 0.29) is 0 Å². The van der Waals surface area contributed by atoms with Crippen LogP contribution in [0.4, 0.5) is 0 Å². The molecule has 0 amide bonds. The first-order valence-corrected chi connectivity index (χ1v) is 7.16. The highest BCUT2D eigenvalue weighted by molar-refractivity contribution is 7.08. The fraction of sp³-hybridized carbons (Fsp3) is 0.0667. The Hall–Kier alpha value is -2.60. The summed E-state index contributed by atoms with van der Waals surface area (Å²) < 4.78 is 6.75. The Morgan fingerprint density at radius 1 is 1.19 bits per heavy atom. The monoisotopic (exact) mass is 300 g/mol. The Morgan fingerprint density at radius 3 is 2.71 bits per heavy atom. The summed E-state index contributed by atoms with van der Waals surface area (Å²) in [6.45, 7) is 0. The van der Waals surface area contributed by atoms with Crippen LogP contribution in [0.3, 0.4) is 0 Å². The van der Waals surface area contributed by atoms with Crippen LogP contribution in [0.15, 0.2) is 56.9 Å². The van der Waals surface area contributed by atoms with Crippen molar-refractivity contribution in [1.82, 2.24) is 9.55 Å². The molecule has 0 bridgehead atoms. The van der Waals surface area contributed by atoms with E-state index in [1.807, 2.05) is 22.9 Å². The van der Waals surface area contributed by atoms with Gasteiger partial charge in [0.2, 0.25) is 0 Å². The van der Waals surface area contributed by atoms with Crippen molar-refractivity contribution in [3.8, 4) is 22.6 Å². The molecule has 21 heavy (non-hydrogen) atoms. The summed E-state index contributed by atoms with van der Waals surface area (Å²) in [6, 6.07) is 8.74. The van der Waals surface area contributed by atoms with Crippen LogP contribution < -0.4 is 16.0 Å². The number of aromatic nitrogens is 2. The third-order valence-corrected chi connectivity index (χ3v) is 3.80. The Kier molecular flexibility index (Phi) is 3.45. The second-order valence-electron chi connectivity index (χ2n) is 4.38. The van der Waals surface area contributed by atoms with Gasteiger partial charge in [-0.05, 0) is 40.6 Å². The Bertz CT molecular complexity index is 878. The number of nitrogens with one attached hydrogen (secondary N) is 1. The predicted molar refractivity (Wildman–Crippen MR) is 82.5 cm³/mol. The average molecular weight is 300 g/mol. The van der Waals surface area contributed by atoms with Gasteiger partial charge in [0.1, 0.15) is 5.75 Å². The van der Waals surface area contributed by atoms with Crippen molar-refractivity contribution >= 4 is 11.3 Å². The second kappa shape index (κ2) is 5.41. The van der Waals surface area contributed by atoms with Gasteiger partial charge in [0, 0.05) is 17.8 Å². The minimum absolute atomic E-state index is 0.414. The van der Waals surface area contributed by atoms with E-state index >= 15 is 0 Å². The summed E-state index contributed by atoms with van der Waals surface area (Å²) in [6.07, 6.45) is 1.46. The molecule has 106 valence electrons. The highest BCUT2D eigenvalue weighted by atomic mass is 32.1. The van der Waals surface area contributed by atoms with Gasteiger partial charge in [-0.3, -0.25) is 14.3 Å². The summed E-state index contributed by atoms with van der Waals surface area (Å²) in [7, 11) is 1.61. The second-order valence-corrected chi connectivity index (χ2v) is 5.16. The molecule has 0 radical (unpaired) electrons. The summed E-state index contributed by atoms with van der Waals surface area (Å²) in [5.74, 6) is 0.731. The number of hydrogen-bond donors (Lipinski definition) is 1. The zero-order valence-electron chi connectivity index (χ0n) is 11.2. The normalized spacial score (nSPS) is 10.5. The Labute approximate surface area is 124 Å². The topological polar surface area (TPSA) is 64.1 Å². The maximum Gasteiger partial charge on any atom is 0.332 e. The largest absolute Gasteiger partial charge is 0.496 e. The fourth-order valence-electron chi connectivity index (χ4n) is 2.11. The number of ether oxygens (including phenoxy) is 1. The molecule has 6 heteroatoms. The van der Waals surface area contributed by atoms with Crippen molar-refractivity contribution in [3.63, 3.8) is 0 Å². The molecule has 0 spiro atoms. The van der Waals surface area contributed by atoms with Gasteiger partial charge in [-0.1, -0.05) is 0 Å². The van der Waals surface area contributed by atoms with Crippen LogP contribution in [-0.2, 0) is 0 Å². The summed E-state index contributed by atoms with van der Waals surface area (Å²) in [4.78, 5) is 25.3. The lowest BCUT2D eigenvalue weighted by Gasteiger charge is -2.11. The molecule has 2 aromatic heterocycles. The van der Waals surface area contributed by atoms with Crippen LogP contribution in [-0.4, -0.2) is 16.7 Å². The highest BCUT2D eigenvalue weighted by Crippen LogP contribution is 2.32. The molecule has 0 fully saturated rings. The Morgan fingerprint density at radius 2 is 2.05 bits per heavy atom. The van der Waals surface area contributed by atoms with Gasteiger partial charge < -0.3 is 4.74 Å². The van der Waals surface area contributed by atoms with Gasteiger partial charge in [-0.25, -0.2) is 4.79 Å². The molecule has 0 unspecified atom stereocenters. The van der Waals surface area contributed by atoms with Crippen molar-refractivity contribution in [2.75, 3.05) is 7.11 Å². The van der Waals surface area contributed by atoms with Gasteiger partial charge in [-0.2, -0.15) is 11.3 Å². The summed E-state index contributed by atoms with van der Waals surface area (Å²) in [5.41, 5.74) is 1.70. The van der Waals surface area contributed by atoms with E-state index in [4.69, 9.17) is 4.74 Å². The van der Waals surface area contributed by atoms with E-state index in [1.165, 1.54) is 16.8 Å². The van der Waals surface area contributed by atoms with E-state index in [9.17, 15) is 9.59 Å². The molecule has 3 rings (SSSR count). The number of nitrogens with zero attached hydrogens (tertiary/aromatic N) is 1. The van der Waals surface area contributed by atoms with Crippen LogP contribution in [0.5, 0.6) is 5.75 Å². The fourth-order valence-corrected chi connectivity index (χ4v) is 2.77. The van der Waals surface area contributed by atoms with Crippen LogP contribution >= 0.6 is 11.3 Å². The molecule has 0 atom stereocenters. The van der Waals surface area contributed by atoms with Gasteiger partial charge in [-0.15, -0.1) is 0 Å². The standard InChI is InChI=1S/C15H12N2O3S/c1-20-13-3-2-11(8-12(13)10-5-7-21-9-10)17-6-4-14(18)16-15(17)19/h2-9H,1H3,(H,16,18,19). The lowest BCUT2D eigenvalue weighted by Crippen LogP contribution is -2.27. The molecule has 0 aliphatic heterocycles. The van der Waals surface area contributed by atoms with Crippen LogP contribution in [0, 0.1) is 0 Å². The average Bonchev–Trinajstić information content (AvgIpc) is 3.01. The number of methoxy groups -OCH3 is 1. The van der Waals surface area contributed by atoms with Gasteiger partial charge in [0.05, 0.1) is 12.8 Å². The number of rotatable bonds is 3. The number of benzene rings is 1. The first kappa shape index (κ1) is 13.4. The smallest absolute Gasteiger partial charge is 0.332 e. The van der Waals surface area contributed by atoms with Crippen molar-refractivity contribution in [1.29, 1.82) is 0 Å². The number of H-pyrrole nitrogens is 1. The van der Waals surface area contributed by atoms with Gasteiger partial charge in [0.15, 0.2) is 0 Å².